The number of nitrogen functional groups attached to an aromatic ring is 1. The Morgan fingerprint density at radius 3 is 3.00 bits per heavy atom. The predicted molar refractivity (Wildman–Crippen MR) is 61.8 cm³/mol. The van der Waals surface area contributed by atoms with Crippen molar-refractivity contribution in [3.05, 3.63) is 29.8 Å². The van der Waals surface area contributed by atoms with E-state index >= 15 is 0 Å². The Labute approximate surface area is 94.9 Å². The lowest BCUT2D eigenvalue weighted by molar-refractivity contribution is 0.439. The molecule has 3 rings (SSSR count). The predicted octanol–water partition coefficient (Wildman–Crippen LogP) is 2.38. The van der Waals surface area contributed by atoms with Crippen LogP contribution in [0.15, 0.2) is 34.3 Å². The third-order valence-corrected chi connectivity index (χ3v) is 3.13. The molecule has 0 bridgehead atoms. The Morgan fingerprint density at radius 1 is 1.38 bits per heavy atom. The lowest BCUT2D eigenvalue weighted by Crippen LogP contribution is -1.85. The van der Waals surface area contributed by atoms with Gasteiger partial charge in [0.1, 0.15) is 5.69 Å². The molecule has 0 fully saturated rings. The van der Waals surface area contributed by atoms with Gasteiger partial charge in [0.2, 0.25) is 5.88 Å². The minimum absolute atomic E-state index is 0.326. The highest BCUT2D eigenvalue weighted by atomic mass is 32.1. The zero-order valence-electron chi connectivity index (χ0n) is 8.18. The average Bonchev–Trinajstić information content (AvgIpc) is 2.96. The molecule has 0 spiro atoms. The summed E-state index contributed by atoms with van der Waals surface area (Å²) in [6, 6.07) is 5.77. The number of aromatic nitrogens is 3. The Bertz CT molecular complexity index is 582. The first-order valence-electron chi connectivity index (χ1n) is 4.65. The van der Waals surface area contributed by atoms with E-state index in [-0.39, 0.29) is 0 Å². The first-order chi connectivity index (χ1) is 7.86. The van der Waals surface area contributed by atoms with Crippen molar-refractivity contribution in [1.29, 1.82) is 0 Å². The number of hydrogen-bond donors (Lipinski definition) is 2. The molecule has 0 unspecified atom stereocenters. The van der Waals surface area contributed by atoms with Gasteiger partial charge in [-0.15, -0.1) is 11.3 Å². The van der Waals surface area contributed by atoms with E-state index in [2.05, 4.69) is 15.4 Å². The fraction of sp³-hybridized carbons (Fsp3) is 0. The number of H-pyrrole nitrogens is 1. The third-order valence-electron chi connectivity index (χ3n) is 2.24. The topological polar surface area (TPSA) is 80.7 Å². The minimum atomic E-state index is 0.326. The number of anilines is 1. The standard InChI is InChI=1S/C10H8N4OS/c11-10-8(7-2-1-5-16-7)9(14-15-10)6-3-4-12-13-6/h1-5H,11H2,(H,12,13). The zero-order valence-corrected chi connectivity index (χ0v) is 8.99. The fourth-order valence-corrected chi connectivity index (χ4v) is 2.31. The minimum Gasteiger partial charge on any atom is -0.367 e. The van der Waals surface area contributed by atoms with Gasteiger partial charge in [0.25, 0.3) is 0 Å². The van der Waals surface area contributed by atoms with E-state index in [4.69, 9.17) is 10.3 Å². The summed E-state index contributed by atoms with van der Waals surface area (Å²) in [7, 11) is 0. The second-order valence-corrected chi connectivity index (χ2v) is 4.17. The maximum absolute atomic E-state index is 5.78. The molecular weight excluding hydrogens is 224 g/mol. The smallest absolute Gasteiger partial charge is 0.231 e. The van der Waals surface area contributed by atoms with Crippen molar-refractivity contribution in [2.45, 2.75) is 0 Å². The summed E-state index contributed by atoms with van der Waals surface area (Å²) in [4.78, 5) is 1.03. The van der Waals surface area contributed by atoms with Crippen molar-refractivity contribution >= 4 is 17.2 Å². The molecule has 0 aliphatic rings. The van der Waals surface area contributed by atoms with Crippen LogP contribution in [0.3, 0.4) is 0 Å². The lowest BCUT2D eigenvalue weighted by atomic mass is 10.1. The molecule has 0 aliphatic carbocycles. The van der Waals surface area contributed by atoms with Crippen LogP contribution < -0.4 is 5.73 Å². The Kier molecular flexibility index (Phi) is 2.00. The quantitative estimate of drug-likeness (QED) is 0.710. The molecule has 3 N–H and O–H groups in total. The molecule has 6 heteroatoms. The molecule has 80 valence electrons. The molecule has 3 aromatic heterocycles. The summed E-state index contributed by atoms with van der Waals surface area (Å²) >= 11 is 1.59. The number of aromatic amines is 1. The molecule has 0 aliphatic heterocycles. The molecule has 0 radical (unpaired) electrons. The number of nitrogens with one attached hydrogen (secondary N) is 1. The molecule has 3 aromatic rings. The van der Waals surface area contributed by atoms with E-state index in [0.29, 0.717) is 11.6 Å². The van der Waals surface area contributed by atoms with Gasteiger partial charge in [-0.3, -0.25) is 5.10 Å². The fourth-order valence-electron chi connectivity index (χ4n) is 1.53. The van der Waals surface area contributed by atoms with Crippen molar-refractivity contribution in [2.75, 3.05) is 5.73 Å². The van der Waals surface area contributed by atoms with Gasteiger partial charge >= 0.3 is 0 Å². The number of nitrogens with zero attached hydrogens (tertiary/aromatic N) is 2. The Morgan fingerprint density at radius 2 is 2.31 bits per heavy atom. The van der Waals surface area contributed by atoms with E-state index in [1.165, 1.54) is 0 Å². The molecule has 16 heavy (non-hydrogen) atoms. The average molecular weight is 232 g/mol. The molecule has 0 saturated carbocycles. The van der Waals surface area contributed by atoms with Crippen molar-refractivity contribution in [3.8, 4) is 21.8 Å². The van der Waals surface area contributed by atoms with Crippen LogP contribution in [0.4, 0.5) is 5.88 Å². The number of hydrogen-bond acceptors (Lipinski definition) is 5. The van der Waals surface area contributed by atoms with Crippen LogP contribution in [0.2, 0.25) is 0 Å². The van der Waals surface area contributed by atoms with Crippen LogP contribution in [-0.4, -0.2) is 15.4 Å². The van der Waals surface area contributed by atoms with Crippen LogP contribution >= 0.6 is 11.3 Å². The van der Waals surface area contributed by atoms with Gasteiger partial charge < -0.3 is 10.3 Å². The zero-order chi connectivity index (χ0) is 11.0. The van der Waals surface area contributed by atoms with Crippen molar-refractivity contribution in [3.63, 3.8) is 0 Å². The van der Waals surface area contributed by atoms with E-state index in [1.807, 2.05) is 23.6 Å². The largest absolute Gasteiger partial charge is 0.367 e. The van der Waals surface area contributed by atoms with Crippen LogP contribution in [0.1, 0.15) is 0 Å². The van der Waals surface area contributed by atoms with Crippen molar-refractivity contribution < 1.29 is 4.52 Å². The number of thiophene rings is 1. The maximum atomic E-state index is 5.78. The summed E-state index contributed by atoms with van der Waals surface area (Å²) in [6.45, 7) is 0. The number of rotatable bonds is 2. The monoisotopic (exact) mass is 232 g/mol. The molecule has 0 amide bonds. The summed E-state index contributed by atoms with van der Waals surface area (Å²) in [5.74, 6) is 0.326. The van der Waals surface area contributed by atoms with Crippen LogP contribution in [-0.2, 0) is 0 Å². The highest BCUT2D eigenvalue weighted by Crippen LogP contribution is 2.37. The number of nitrogens with two attached hydrogens (primary N) is 1. The molecule has 5 nitrogen and oxygen atoms in total. The van der Waals surface area contributed by atoms with Gasteiger partial charge in [0.05, 0.1) is 11.3 Å². The van der Waals surface area contributed by atoms with Gasteiger partial charge in [-0.25, -0.2) is 0 Å². The first-order valence-corrected chi connectivity index (χ1v) is 5.53. The summed E-state index contributed by atoms with van der Waals surface area (Å²) in [6.07, 6.45) is 1.67. The summed E-state index contributed by atoms with van der Waals surface area (Å²) in [5, 5.41) is 12.7. The van der Waals surface area contributed by atoms with E-state index in [9.17, 15) is 0 Å². The Hall–Kier alpha value is -2.08. The third kappa shape index (κ3) is 1.31. The second kappa shape index (κ2) is 3.49. The maximum Gasteiger partial charge on any atom is 0.231 e. The van der Waals surface area contributed by atoms with Gasteiger partial charge in [-0.1, -0.05) is 11.2 Å². The van der Waals surface area contributed by atoms with Crippen molar-refractivity contribution in [2.24, 2.45) is 0 Å². The van der Waals surface area contributed by atoms with Crippen molar-refractivity contribution in [1.82, 2.24) is 15.4 Å². The molecule has 3 heterocycles. The SMILES string of the molecule is Nc1onc(-c2ccn[nH]2)c1-c1cccs1. The second-order valence-electron chi connectivity index (χ2n) is 3.22. The first kappa shape index (κ1) is 9.17. The van der Waals surface area contributed by atoms with E-state index in [1.54, 1.807) is 17.5 Å². The normalized spacial score (nSPS) is 10.8. The van der Waals surface area contributed by atoms with Gasteiger partial charge in [0, 0.05) is 11.1 Å². The van der Waals surface area contributed by atoms with E-state index in [0.717, 1.165) is 16.1 Å². The summed E-state index contributed by atoms with van der Waals surface area (Å²) < 4.78 is 5.03. The van der Waals surface area contributed by atoms with Crippen LogP contribution in [0, 0.1) is 0 Å². The molecular formula is C10H8N4OS. The van der Waals surface area contributed by atoms with E-state index < -0.39 is 0 Å². The summed E-state index contributed by atoms with van der Waals surface area (Å²) in [5.41, 5.74) is 8.09. The molecule has 0 saturated heterocycles. The molecule has 0 atom stereocenters. The molecule has 0 aromatic carbocycles. The van der Waals surface area contributed by atoms with Gasteiger partial charge in [0.15, 0.2) is 0 Å². The highest BCUT2D eigenvalue weighted by Gasteiger charge is 2.18. The van der Waals surface area contributed by atoms with Gasteiger partial charge in [-0.2, -0.15) is 5.10 Å². The van der Waals surface area contributed by atoms with Crippen LogP contribution in [0.25, 0.3) is 21.8 Å². The highest BCUT2D eigenvalue weighted by molar-refractivity contribution is 7.13. The van der Waals surface area contributed by atoms with Gasteiger partial charge in [-0.05, 0) is 17.5 Å². The Balaban J connectivity index is 2.21. The van der Waals surface area contributed by atoms with Crippen LogP contribution in [0.5, 0.6) is 0 Å². The lowest BCUT2D eigenvalue weighted by Gasteiger charge is -1.95.